The molecular weight excluding hydrogens is 198 g/mol. The molecular formula is C10H15NO4. The van der Waals surface area contributed by atoms with Crippen molar-refractivity contribution in [3.05, 3.63) is 11.1 Å². The molecule has 1 rings (SSSR count). The summed E-state index contributed by atoms with van der Waals surface area (Å²) in [6, 6.07) is 0. The first kappa shape index (κ1) is 11.7. The molecule has 1 aliphatic rings. The molecule has 1 fully saturated rings. The average Bonchev–Trinajstić information content (AvgIpc) is 2.27. The minimum Gasteiger partial charge on any atom is -0.478 e. The summed E-state index contributed by atoms with van der Waals surface area (Å²) in [5, 5.41) is 8.75. The summed E-state index contributed by atoms with van der Waals surface area (Å²) in [5.41, 5.74) is 0.399. The number of morpholine rings is 1. The van der Waals surface area contributed by atoms with Gasteiger partial charge >= 0.3 is 5.97 Å². The molecule has 1 saturated heterocycles. The molecule has 0 aromatic rings. The van der Waals surface area contributed by atoms with Gasteiger partial charge in [-0.25, -0.2) is 4.79 Å². The Labute approximate surface area is 88.3 Å². The van der Waals surface area contributed by atoms with Crippen LogP contribution in [0.1, 0.15) is 13.8 Å². The summed E-state index contributed by atoms with van der Waals surface area (Å²) in [6.07, 6.45) is 0. The largest absolute Gasteiger partial charge is 0.478 e. The molecule has 1 N–H and O–H groups in total. The Bertz CT molecular complexity index is 303. The lowest BCUT2D eigenvalue weighted by Gasteiger charge is -2.27. The predicted octanol–water partition coefficient (Wildman–Crippen LogP) is 0.266. The Morgan fingerprint density at radius 2 is 1.67 bits per heavy atom. The van der Waals surface area contributed by atoms with Gasteiger partial charge in [0.2, 0.25) is 5.91 Å². The first-order valence-electron chi connectivity index (χ1n) is 4.82. The Kier molecular flexibility index (Phi) is 3.85. The number of hydrogen-bond donors (Lipinski definition) is 1. The van der Waals surface area contributed by atoms with Crippen LogP contribution in [0.4, 0.5) is 0 Å². The van der Waals surface area contributed by atoms with E-state index in [9.17, 15) is 9.59 Å². The van der Waals surface area contributed by atoms with Crippen molar-refractivity contribution in [2.75, 3.05) is 26.3 Å². The molecule has 5 nitrogen and oxygen atoms in total. The summed E-state index contributed by atoms with van der Waals surface area (Å²) < 4.78 is 5.11. The van der Waals surface area contributed by atoms with E-state index in [0.717, 1.165) is 0 Å². The van der Waals surface area contributed by atoms with Gasteiger partial charge in [-0.3, -0.25) is 4.79 Å². The third-order valence-corrected chi connectivity index (χ3v) is 2.50. The van der Waals surface area contributed by atoms with E-state index < -0.39 is 5.97 Å². The number of nitrogens with zero attached hydrogens (tertiary/aromatic N) is 1. The van der Waals surface area contributed by atoms with Crippen LogP contribution in [0.15, 0.2) is 11.1 Å². The highest BCUT2D eigenvalue weighted by Crippen LogP contribution is 2.09. The van der Waals surface area contributed by atoms with Crippen molar-refractivity contribution < 1.29 is 19.4 Å². The van der Waals surface area contributed by atoms with Crippen LogP contribution < -0.4 is 0 Å². The maximum absolute atomic E-state index is 11.8. The molecule has 0 aromatic heterocycles. The van der Waals surface area contributed by atoms with Crippen LogP contribution in [0.5, 0.6) is 0 Å². The van der Waals surface area contributed by atoms with Crippen molar-refractivity contribution in [1.82, 2.24) is 4.90 Å². The first-order valence-corrected chi connectivity index (χ1v) is 4.82. The van der Waals surface area contributed by atoms with Crippen LogP contribution in [0, 0.1) is 0 Å². The van der Waals surface area contributed by atoms with Crippen LogP contribution in [-0.2, 0) is 14.3 Å². The number of carbonyl (C=O) groups excluding carboxylic acids is 1. The number of carboxylic acids is 1. The van der Waals surface area contributed by atoms with Gasteiger partial charge in [-0.05, 0) is 13.8 Å². The lowest BCUT2D eigenvalue weighted by atomic mass is 10.1. The van der Waals surface area contributed by atoms with E-state index in [0.29, 0.717) is 31.9 Å². The monoisotopic (exact) mass is 213 g/mol. The van der Waals surface area contributed by atoms with Gasteiger partial charge in [0, 0.05) is 24.2 Å². The third kappa shape index (κ3) is 2.79. The fraction of sp³-hybridized carbons (Fsp3) is 0.600. The van der Waals surface area contributed by atoms with E-state index in [1.807, 2.05) is 0 Å². The van der Waals surface area contributed by atoms with Crippen molar-refractivity contribution in [2.45, 2.75) is 13.8 Å². The molecule has 0 aromatic carbocycles. The summed E-state index contributed by atoms with van der Waals surface area (Å²) >= 11 is 0. The topological polar surface area (TPSA) is 66.8 Å². The third-order valence-electron chi connectivity index (χ3n) is 2.50. The van der Waals surface area contributed by atoms with E-state index in [-0.39, 0.29) is 11.5 Å². The standard InChI is InChI=1S/C10H15NO4/c1-7(8(2)10(13)14)9(12)11-3-5-15-6-4-11/h3-6H2,1-2H3,(H,13,14)/b8-7-. The highest BCUT2D eigenvalue weighted by atomic mass is 16.5. The van der Waals surface area contributed by atoms with Crippen LogP contribution >= 0.6 is 0 Å². The summed E-state index contributed by atoms with van der Waals surface area (Å²) in [5.74, 6) is -1.26. The Hall–Kier alpha value is -1.36. The molecule has 0 atom stereocenters. The summed E-state index contributed by atoms with van der Waals surface area (Å²) in [6.45, 7) is 5.08. The van der Waals surface area contributed by atoms with E-state index in [2.05, 4.69) is 0 Å². The molecule has 0 bridgehead atoms. The maximum atomic E-state index is 11.8. The Balaban J connectivity index is 2.74. The van der Waals surface area contributed by atoms with Crippen LogP contribution in [0.2, 0.25) is 0 Å². The second kappa shape index (κ2) is 4.93. The van der Waals surface area contributed by atoms with Crippen molar-refractivity contribution in [1.29, 1.82) is 0 Å². The molecule has 0 spiro atoms. The van der Waals surface area contributed by atoms with Gasteiger partial charge in [-0.2, -0.15) is 0 Å². The van der Waals surface area contributed by atoms with Gasteiger partial charge in [0.05, 0.1) is 13.2 Å². The predicted molar refractivity (Wildman–Crippen MR) is 53.4 cm³/mol. The molecule has 84 valence electrons. The highest BCUT2D eigenvalue weighted by Gasteiger charge is 2.20. The second-order valence-corrected chi connectivity index (χ2v) is 3.46. The number of rotatable bonds is 2. The molecule has 15 heavy (non-hydrogen) atoms. The Morgan fingerprint density at radius 1 is 1.13 bits per heavy atom. The lowest BCUT2D eigenvalue weighted by molar-refractivity contribution is -0.134. The highest BCUT2D eigenvalue weighted by molar-refractivity contribution is 6.01. The molecule has 0 radical (unpaired) electrons. The van der Waals surface area contributed by atoms with Gasteiger partial charge in [0.25, 0.3) is 0 Å². The summed E-state index contributed by atoms with van der Waals surface area (Å²) in [4.78, 5) is 24.1. The van der Waals surface area contributed by atoms with Crippen LogP contribution in [0.25, 0.3) is 0 Å². The van der Waals surface area contributed by atoms with E-state index in [1.54, 1.807) is 11.8 Å². The van der Waals surface area contributed by atoms with E-state index >= 15 is 0 Å². The first-order chi connectivity index (χ1) is 7.04. The minimum absolute atomic E-state index is 0.103. The van der Waals surface area contributed by atoms with Crippen LogP contribution in [-0.4, -0.2) is 48.2 Å². The fourth-order valence-corrected chi connectivity index (χ4v) is 1.32. The van der Waals surface area contributed by atoms with Crippen LogP contribution in [0.3, 0.4) is 0 Å². The molecule has 1 amide bonds. The molecule has 0 aliphatic carbocycles. The van der Waals surface area contributed by atoms with Gasteiger partial charge in [0.15, 0.2) is 0 Å². The fourth-order valence-electron chi connectivity index (χ4n) is 1.32. The quantitative estimate of drug-likeness (QED) is 0.668. The SMILES string of the molecule is C/C(C(=O)O)=C(\C)C(=O)N1CCOCC1. The van der Waals surface area contributed by atoms with Gasteiger partial charge in [-0.1, -0.05) is 0 Å². The average molecular weight is 213 g/mol. The smallest absolute Gasteiger partial charge is 0.331 e. The molecule has 0 saturated carbocycles. The normalized spacial score (nSPS) is 18.4. The van der Waals surface area contributed by atoms with Gasteiger partial charge in [-0.15, -0.1) is 0 Å². The second-order valence-electron chi connectivity index (χ2n) is 3.46. The molecule has 1 heterocycles. The van der Waals surface area contributed by atoms with Crippen molar-refractivity contribution in [2.24, 2.45) is 0 Å². The van der Waals surface area contributed by atoms with E-state index in [4.69, 9.17) is 9.84 Å². The minimum atomic E-state index is -1.05. The zero-order valence-electron chi connectivity index (χ0n) is 8.95. The molecule has 0 unspecified atom stereocenters. The van der Waals surface area contributed by atoms with Gasteiger partial charge < -0.3 is 14.7 Å². The van der Waals surface area contributed by atoms with E-state index in [1.165, 1.54) is 6.92 Å². The number of amides is 1. The number of hydrogen-bond acceptors (Lipinski definition) is 3. The molecule has 1 aliphatic heterocycles. The Morgan fingerprint density at radius 3 is 2.13 bits per heavy atom. The molecule has 5 heteroatoms. The van der Waals surface area contributed by atoms with Crippen molar-refractivity contribution in [3.8, 4) is 0 Å². The summed E-state index contributed by atoms with van der Waals surface area (Å²) in [7, 11) is 0. The van der Waals surface area contributed by atoms with Gasteiger partial charge in [0.1, 0.15) is 0 Å². The number of ether oxygens (including phenoxy) is 1. The zero-order chi connectivity index (χ0) is 11.4. The maximum Gasteiger partial charge on any atom is 0.331 e. The van der Waals surface area contributed by atoms with Crippen molar-refractivity contribution in [3.63, 3.8) is 0 Å². The number of carboxylic acid groups (broad SMARTS) is 1. The van der Waals surface area contributed by atoms with Crippen molar-refractivity contribution >= 4 is 11.9 Å². The zero-order valence-corrected chi connectivity index (χ0v) is 8.95. The number of aliphatic carboxylic acids is 1. The number of carbonyl (C=O) groups is 2. The lowest BCUT2D eigenvalue weighted by Crippen LogP contribution is -2.41.